The van der Waals surface area contributed by atoms with Gasteiger partial charge in [-0.3, -0.25) is 9.59 Å². The molecule has 27 heavy (non-hydrogen) atoms. The zero-order valence-corrected chi connectivity index (χ0v) is 17.6. The van der Waals surface area contributed by atoms with Crippen LogP contribution in [0.2, 0.25) is 5.02 Å². The second-order valence-corrected chi connectivity index (χ2v) is 8.96. The number of carbonyl (C=O) groups excluding carboxylic acids is 2. The number of nitrogens with zero attached hydrogens (tertiary/aromatic N) is 1. The highest BCUT2D eigenvalue weighted by atomic mass is 35.5. The van der Waals surface area contributed by atoms with Crippen LogP contribution in [0.5, 0.6) is 0 Å². The summed E-state index contributed by atoms with van der Waals surface area (Å²) in [5.41, 5.74) is 0.548. The average molecular weight is 423 g/mol. The largest absolute Gasteiger partial charge is 0.354 e. The SMILES string of the molecule is CCCCCNC(=O)[C@H]1CS[C@H](c2cccs2)N1C(=O)c1ccc(Cl)cc1. The van der Waals surface area contributed by atoms with Crippen molar-refractivity contribution in [2.45, 2.75) is 37.6 Å². The molecule has 1 fully saturated rings. The van der Waals surface area contributed by atoms with Crippen molar-refractivity contribution in [1.82, 2.24) is 10.2 Å². The maximum Gasteiger partial charge on any atom is 0.255 e. The van der Waals surface area contributed by atoms with Crippen LogP contribution in [-0.2, 0) is 4.79 Å². The van der Waals surface area contributed by atoms with E-state index in [0.29, 0.717) is 22.9 Å². The smallest absolute Gasteiger partial charge is 0.255 e. The van der Waals surface area contributed by atoms with Gasteiger partial charge < -0.3 is 10.2 Å². The highest BCUT2D eigenvalue weighted by molar-refractivity contribution is 7.99. The number of unbranched alkanes of at least 4 members (excludes halogenated alkanes) is 2. The summed E-state index contributed by atoms with van der Waals surface area (Å²) in [6, 6.07) is 10.4. The Morgan fingerprint density at radius 3 is 2.67 bits per heavy atom. The van der Waals surface area contributed by atoms with Gasteiger partial charge in [0.25, 0.3) is 5.91 Å². The van der Waals surface area contributed by atoms with E-state index in [-0.39, 0.29) is 17.2 Å². The van der Waals surface area contributed by atoms with Crippen molar-refractivity contribution < 1.29 is 9.59 Å². The van der Waals surface area contributed by atoms with Crippen LogP contribution in [0.1, 0.15) is 46.8 Å². The van der Waals surface area contributed by atoms with Crippen molar-refractivity contribution in [2.75, 3.05) is 12.3 Å². The van der Waals surface area contributed by atoms with Crippen molar-refractivity contribution >= 4 is 46.5 Å². The summed E-state index contributed by atoms with van der Waals surface area (Å²) < 4.78 is 0. The molecule has 0 unspecified atom stereocenters. The van der Waals surface area contributed by atoms with Crippen LogP contribution < -0.4 is 5.32 Å². The lowest BCUT2D eigenvalue weighted by molar-refractivity contribution is -0.124. The summed E-state index contributed by atoms with van der Waals surface area (Å²) in [5, 5.41) is 5.45. The van der Waals surface area contributed by atoms with E-state index in [1.54, 1.807) is 52.3 Å². The summed E-state index contributed by atoms with van der Waals surface area (Å²) >= 11 is 9.21. The second kappa shape index (κ2) is 9.62. The van der Waals surface area contributed by atoms with Crippen LogP contribution in [0.3, 0.4) is 0 Å². The molecular weight excluding hydrogens is 400 g/mol. The fourth-order valence-electron chi connectivity index (χ4n) is 3.05. The molecule has 0 radical (unpaired) electrons. The Bertz CT molecular complexity index is 765. The third-order valence-electron chi connectivity index (χ3n) is 4.49. The van der Waals surface area contributed by atoms with Crippen molar-refractivity contribution in [2.24, 2.45) is 0 Å². The third kappa shape index (κ3) is 4.86. The normalized spacial score (nSPS) is 19.3. The number of rotatable bonds is 7. The molecule has 0 bridgehead atoms. The molecule has 3 rings (SSSR count). The maximum atomic E-state index is 13.2. The lowest BCUT2D eigenvalue weighted by Crippen LogP contribution is -2.48. The third-order valence-corrected chi connectivity index (χ3v) is 7.13. The van der Waals surface area contributed by atoms with Gasteiger partial charge in [0.15, 0.2) is 0 Å². The first-order chi connectivity index (χ1) is 13.1. The Hall–Kier alpha value is -1.50. The zero-order valence-electron chi connectivity index (χ0n) is 15.2. The molecule has 1 N–H and O–H groups in total. The molecule has 2 heterocycles. The van der Waals surface area contributed by atoms with Crippen LogP contribution in [0, 0.1) is 0 Å². The summed E-state index contributed by atoms with van der Waals surface area (Å²) in [4.78, 5) is 28.9. The van der Waals surface area contributed by atoms with E-state index in [1.165, 1.54) is 0 Å². The number of benzene rings is 1. The van der Waals surface area contributed by atoms with Crippen LogP contribution in [-0.4, -0.2) is 35.1 Å². The van der Waals surface area contributed by atoms with Gasteiger partial charge in [0.2, 0.25) is 5.91 Å². The van der Waals surface area contributed by atoms with Gasteiger partial charge >= 0.3 is 0 Å². The van der Waals surface area contributed by atoms with E-state index in [4.69, 9.17) is 11.6 Å². The Morgan fingerprint density at radius 2 is 2.00 bits per heavy atom. The quantitative estimate of drug-likeness (QED) is 0.641. The second-order valence-electron chi connectivity index (χ2n) is 6.43. The number of nitrogens with one attached hydrogen (secondary N) is 1. The van der Waals surface area contributed by atoms with Gasteiger partial charge in [-0.15, -0.1) is 23.1 Å². The zero-order chi connectivity index (χ0) is 19.2. The molecule has 2 aromatic rings. The molecule has 2 atom stereocenters. The van der Waals surface area contributed by atoms with Crippen LogP contribution in [0.4, 0.5) is 0 Å². The summed E-state index contributed by atoms with van der Waals surface area (Å²) in [6.45, 7) is 2.79. The molecule has 1 aliphatic rings. The highest BCUT2D eigenvalue weighted by Crippen LogP contribution is 2.43. The van der Waals surface area contributed by atoms with Gasteiger partial charge in [-0.05, 0) is 42.1 Å². The van der Waals surface area contributed by atoms with E-state index in [1.807, 2.05) is 17.5 Å². The highest BCUT2D eigenvalue weighted by Gasteiger charge is 2.42. The fourth-order valence-corrected chi connectivity index (χ4v) is 5.57. The van der Waals surface area contributed by atoms with Crippen LogP contribution in [0.15, 0.2) is 41.8 Å². The number of carbonyl (C=O) groups is 2. The van der Waals surface area contributed by atoms with Crippen molar-refractivity contribution in [3.8, 4) is 0 Å². The molecule has 144 valence electrons. The van der Waals surface area contributed by atoms with Crippen LogP contribution in [0.25, 0.3) is 0 Å². The number of amides is 2. The molecule has 0 saturated carbocycles. The molecule has 1 saturated heterocycles. The van der Waals surface area contributed by atoms with Crippen LogP contribution >= 0.6 is 34.7 Å². The lowest BCUT2D eigenvalue weighted by atomic mass is 10.1. The minimum absolute atomic E-state index is 0.0695. The summed E-state index contributed by atoms with van der Waals surface area (Å²) in [5.74, 6) is 0.394. The van der Waals surface area contributed by atoms with E-state index in [0.717, 1.165) is 24.1 Å². The number of hydrogen-bond donors (Lipinski definition) is 1. The minimum Gasteiger partial charge on any atom is -0.354 e. The molecule has 4 nitrogen and oxygen atoms in total. The molecule has 0 aliphatic carbocycles. The maximum absolute atomic E-state index is 13.2. The Kier molecular flexibility index (Phi) is 7.21. The van der Waals surface area contributed by atoms with E-state index >= 15 is 0 Å². The van der Waals surface area contributed by atoms with Gasteiger partial charge in [-0.2, -0.15) is 0 Å². The molecule has 1 aromatic carbocycles. The Labute approximate surface area is 173 Å². The van der Waals surface area contributed by atoms with Crippen molar-refractivity contribution in [3.05, 3.63) is 57.2 Å². The predicted octanol–water partition coefficient (Wildman–Crippen LogP) is 4.96. The molecule has 2 amide bonds. The van der Waals surface area contributed by atoms with E-state index in [9.17, 15) is 9.59 Å². The molecule has 1 aliphatic heterocycles. The fraction of sp³-hybridized carbons (Fsp3) is 0.400. The van der Waals surface area contributed by atoms with E-state index in [2.05, 4.69) is 12.2 Å². The number of thioether (sulfide) groups is 1. The number of hydrogen-bond acceptors (Lipinski definition) is 4. The average Bonchev–Trinajstić information content (AvgIpc) is 3.34. The molecular formula is C20H23ClN2O2S2. The van der Waals surface area contributed by atoms with Gasteiger partial charge in [-0.1, -0.05) is 37.4 Å². The standard InChI is InChI=1S/C20H23ClN2O2S2/c1-2-3-4-11-22-18(24)16-13-27-20(17-6-5-12-26-17)23(16)19(25)14-7-9-15(21)10-8-14/h5-10,12,16,20H,2-4,11,13H2,1H3,(H,22,24)/t16-,20-/m1/s1. The Morgan fingerprint density at radius 1 is 1.22 bits per heavy atom. The first kappa shape index (κ1) is 20.2. The summed E-state index contributed by atoms with van der Waals surface area (Å²) in [6.07, 6.45) is 3.16. The monoisotopic (exact) mass is 422 g/mol. The van der Waals surface area contributed by atoms with Gasteiger partial charge in [0, 0.05) is 27.8 Å². The lowest BCUT2D eigenvalue weighted by Gasteiger charge is -2.28. The van der Waals surface area contributed by atoms with Gasteiger partial charge in [0.1, 0.15) is 11.4 Å². The molecule has 7 heteroatoms. The van der Waals surface area contributed by atoms with Crippen molar-refractivity contribution in [3.63, 3.8) is 0 Å². The topological polar surface area (TPSA) is 49.4 Å². The Balaban J connectivity index is 1.80. The van der Waals surface area contributed by atoms with Crippen molar-refractivity contribution in [1.29, 1.82) is 0 Å². The number of halogens is 1. The first-order valence-corrected chi connectivity index (χ1v) is 11.4. The van der Waals surface area contributed by atoms with E-state index < -0.39 is 6.04 Å². The molecule has 1 aromatic heterocycles. The predicted molar refractivity (Wildman–Crippen MR) is 113 cm³/mol. The minimum atomic E-state index is -0.466. The summed E-state index contributed by atoms with van der Waals surface area (Å²) in [7, 11) is 0. The van der Waals surface area contributed by atoms with Gasteiger partial charge in [-0.25, -0.2) is 0 Å². The van der Waals surface area contributed by atoms with Gasteiger partial charge in [0.05, 0.1) is 0 Å². The first-order valence-electron chi connectivity index (χ1n) is 9.12. The molecule has 0 spiro atoms. The number of thiophene rings is 1.